The molecule has 0 saturated heterocycles. The molecule has 1 unspecified atom stereocenters. The first kappa shape index (κ1) is 11.3. The molecule has 0 heterocycles. The van der Waals surface area contributed by atoms with Crippen molar-refractivity contribution in [1.29, 1.82) is 0 Å². The first-order valence-corrected chi connectivity index (χ1v) is 5.64. The third kappa shape index (κ3) is 2.87. The highest BCUT2D eigenvalue weighted by Crippen LogP contribution is 2.14. The first-order chi connectivity index (χ1) is 6.65. The maximum atomic E-state index is 11.5. The summed E-state index contributed by atoms with van der Waals surface area (Å²) in [5, 5.41) is -0.539. The van der Waals surface area contributed by atoms with Crippen molar-refractivity contribution in [3.8, 4) is 0 Å². The second-order valence-electron chi connectivity index (χ2n) is 2.60. The van der Waals surface area contributed by atoms with Crippen LogP contribution >= 0.6 is 11.6 Å². The van der Waals surface area contributed by atoms with E-state index in [-0.39, 0.29) is 0 Å². The summed E-state index contributed by atoms with van der Waals surface area (Å²) < 4.78 is 11.5. The monoisotopic (exact) mass is 228 g/mol. The molecule has 0 bridgehead atoms. The van der Waals surface area contributed by atoms with Crippen molar-refractivity contribution >= 4 is 28.0 Å². The van der Waals surface area contributed by atoms with Gasteiger partial charge in [0.15, 0.2) is 4.90 Å². The number of carbonyl (C=O) groups excluding carboxylic acids is 1. The molecule has 14 heavy (non-hydrogen) atoms. The molecule has 0 N–H and O–H groups in total. The van der Waals surface area contributed by atoms with Gasteiger partial charge in [-0.2, -0.15) is 0 Å². The summed E-state index contributed by atoms with van der Waals surface area (Å²) >= 11 is 4.16. The van der Waals surface area contributed by atoms with E-state index in [4.69, 9.17) is 11.6 Å². The summed E-state index contributed by atoms with van der Waals surface area (Å²) in [6.45, 7) is 3.50. The lowest BCUT2D eigenvalue weighted by molar-refractivity contribution is 0.108. The average Bonchev–Trinajstić information content (AvgIpc) is 2.18. The van der Waals surface area contributed by atoms with Gasteiger partial charge in [0.05, 0.1) is 0 Å². The number of benzene rings is 1. The topological polar surface area (TPSA) is 40.1 Å². The number of halogens is 1. The fourth-order valence-electron chi connectivity index (χ4n) is 0.963. The summed E-state index contributed by atoms with van der Waals surface area (Å²) in [4.78, 5) is 11.4. The fourth-order valence-corrected chi connectivity index (χ4v) is 1.98. The Morgan fingerprint density at radius 1 is 1.64 bits per heavy atom. The second kappa shape index (κ2) is 5.20. The minimum absolute atomic E-state index is 0.363. The molecule has 1 aromatic carbocycles. The van der Waals surface area contributed by atoms with Crippen LogP contribution in [0.5, 0.6) is 0 Å². The second-order valence-corrected chi connectivity index (χ2v) is 4.44. The maximum absolute atomic E-state index is 11.5. The predicted molar refractivity (Wildman–Crippen MR) is 58.1 cm³/mol. The van der Waals surface area contributed by atoms with Crippen molar-refractivity contribution in [1.82, 2.24) is 0 Å². The Bertz CT molecular complexity index is 352. The largest absolute Gasteiger partial charge is 0.611 e. The van der Waals surface area contributed by atoms with Gasteiger partial charge in [0, 0.05) is 11.6 Å². The lowest BCUT2D eigenvalue weighted by Crippen LogP contribution is -2.05. The van der Waals surface area contributed by atoms with Gasteiger partial charge >= 0.3 is 0 Å². The molecule has 0 amide bonds. The molecule has 0 radical (unpaired) electrons. The highest BCUT2D eigenvalue weighted by molar-refractivity contribution is 7.91. The van der Waals surface area contributed by atoms with E-state index in [2.05, 4.69) is 6.58 Å². The van der Waals surface area contributed by atoms with Crippen molar-refractivity contribution in [3.63, 3.8) is 0 Å². The summed E-state index contributed by atoms with van der Waals surface area (Å²) in [7, 11) is 0. The molecule has 2 nitrogen and oxygen atoms in total. The molecule has 0 fully saturated rings. The Morgan fingerprint density at radius 2 is 2.36 bits per heavy atom. The van der Waals surface area contributed by atoms with E-state index < -0.39 is 16.4 Å². The van der Waals surface area contributed by atoms with Gasteiger partial charge in [0.1, 0.15) is 5.75 Å². The molecule has 1 rings (SSSR count). The minimum atomic E-state index is -1.14. The van der Waals surface area contributed by atoms with Crippen LogP contribution in [0, 0.1) is 0 Å². The van der Waals surface area contributed by atoms with E-state index in [1.165, 1.54) is 6.07 Å². The molecule has 0 aliphatic rings. The van der Waals surface area contributed by atoms with E-state index in [0.29, 0.717) is 16.2 Å². The Hall–Kier alpha value is -0.770. The summed E-state index contributed by atoms with van der Waals surface area (Å²) in [5.41, 5.74) is 0.363. The molecule has 1 aromatic rings. The summed E-state index contributed by atoms with van der Waals surface area (Å²) in [6.07, 6.45) is 1.57. The number of carbonyl (C=O) groups is 1. The van der Waals surface area contributed by atoms with Gasteiger partial charge in [-0.1, -0.05) is 12.6 Å². The molecular weight excluding hydrogens is 220 g/mol. The normalized spacial score (nSPS) is 12.1. The third-order valence-corrected chi connectivity index (χ3v) is 3.13. The van der Waals surface area contributed by atoms with Crippen LogP contribution in [0.2, 0.25) is 0 Å². The fraction of sp³-hybridized carbons (Fsp3) is 0.100. The molecular formula is C10H9ClO2S. The van der Waals surface area contributed by atoms with Crippen molar-refractivity contribution < 1.29 is 9.35 Å². The average molecular weight is 229 g/mol. The van der Waals surface area contributed by atoms with Crippen molar-refractivity contribution in [2.75, 3.05) is 5.75 Å². The van der Waals surface area contributed by atoms with Crippen LogP contribution in [0.25, 0.3) is 0 Å². The van der Waals surface area contributed by atoms with Crippen molar-refractivity contribution in [2.45, 2.75) is 4.90 Å². The van der Waals surface area contributed by atoms with Crippen LogP contribution in [0.4, 0.5) is 0 Å². The zero-order valence-corrected chi connectivity index (χ0v) is 8.98. The van der Waals surface area contributed by atoms with Gasteiger partial charge in [0.2, 0.25) is 0 Å². The van der Waals surface area contributed by atoms with Crippen molar-refractivity contribution in [2.24, 2.45) is 0 Å². The Morgan fingerprint density at radius 3 is 2.93 bits per heavy atom. The van der Waals surface area contributed by atoms with Gasteiger partial charge in [-0.05, 0) is 41.0 Å². The van der Waals surface area contributed by atoms with E-state index in [1.54, 1.807) is 24.3 Å². The van der Waals surface area contributed by atoms with Crippen LogP contribution in [-0.4, -0.2) is 15.5 Å². The van der Waals surface area contributed by atoms with Crippen LogP contribution in [0.1, 0.15) is 10.4 Å². The molecule has 74 valence electrons. The number of hydrogen-bond acceptors (Lipinski definition) is 2. The summed E-state index contributed by atoms with van der Waals surface area (Å²) in [5.74, 6) is 0.375. The first-order valence-electron chi connectivity index (χ1n) is 3.94. The molecule has 0 aliphatic heterocycles. The predicted octanol–water partition coefficient (Wildman–Crippen LogP) is 2.36. The maximum Gasteiger partial charge on any atom is 0.252 e. The van der Waals surface area contributed by atoms with Crippen LogP contribution in [0.15, 0.2) is 41.8 Å². The third-order valence-electron chi connectivity index (χ3n) is 1.59. The van der Waals surface area contributed by atoms with Gasteiger partial charge in [0.25, 0.3) is 5.24 Å². The zero-order valence-electron chi connectivity index (χ0n) is 7.40. The Labute approximate surface area is 90.8 Å². The Balaban J connectivity index is 2.93. The van der Waals surface area contributed by atoms with Gasteiger partial charge in [-0.3, -0.25) is 4.79 Å². The molecule has 0 saturated carbocycles. The number of hydrogen-bond donors (Lipinski definition) is 0. The molecule has 1 atom stereocenters. The van der Waals surface area contributed by atoms with E-state index in [9.17, 15) is 9.35 Å². The molecule has 4 heteroatoms. The standard InChI is InChI=1S/C10H9ClO2S/c1-2-6-14(13)9-5-3-4-8(7-9)10(11)12/h2-5,7H,1,6H2. The Kier molecular flexibility index (Phi) is 4.20. The van der Waals surface area contributed by atoms with E-state index >= 15 is 0 Å². The molecule has 0 aliphatic carbocycles. The lowest BCUT2D eigenvalue weighted by atomic mass is 10.2. The number of rotatable bonds is 4. The summed E-state index contributed by atoms with van der Waals surface area (Å²) in [6, 6.07) is 6.48. The zero-order chi connectivity index (χ0) is 10.6. The van der Waals surface area contributed by atoms with Crippen molar-refractivity contribution in [3.05, 3.63) is 42.5 Å². The van der Waals surface area contributed by atoms with Crippen LogP contribution in [-0.2, 0) is 11.2 Å². The molecule has 0 spiro atoms. The van der Waals surface area contributed by atoms with E-state index in [0.717, 1.165) is 0 Å². The minimum Gasteiger partial charge on any atom is -0.611 e. The van der Waals surface area contributed by atoms with Gasteiger partial charge in [-0.15, -0.1) is 0 Å². The van der Waals surface area contributed by atoms with Gasteiger partial charge in [-0.25, -0.2) is 0 Å². The van der Waals surface area contributed by atoms with Crippen LogP contribution < -0.4 is 0 Å². The lowest BCUT2D eigenvalue weighted by Gasteiger charge is -2.07. The highest BCUT2D eigenvalue weighted by Gasteiger charge is 2.11. The SMILES string of the molecule is C=CC[S+]([O-])c1cccc(C(=O)Cl)c1. The smallest absolute Gasteiger partial charge is 0.252 e. The quantitative estimate of drug-likeness (QED) is 0.451. The highest BCUT2D eigenvalue weighted by atomic mass is 35.5. The van der Waals surface area contributed by atoms with E-state index in [1.807, 2.05) is 0 Å². The van der Waals surface area contributed by atoms with Gasteiger partial charge < -0.3 is 4.55 Å². The molecule has 0 aromatic heterocycles. The van der Waals surface area contributed by atoms with Crippen LogP contribution in [0.3, 0.4) is 0 Å².